The Morgan fingerprint density at radius 1 is 0.935 bits per heavy atom. The van der Waals surface area contributed by atoms with E-state index < -0.39 is 16.1 Å². The lowest BCUT2D eigenvalue weighted by Crippen LogP contribution is -2.45. The number of nitrogens with zero attached hydrogens (tertiary/aromatic N) is 2. The third kappa shape index (κ3) is 5.29. The molecule has 0 bridgehead atoms. The normalized spacial score (nSPS) is 20.2. The van der Waals surface area contributed by atoms with Crippen molar-refractivity contribution in [3.8, 4) is 0 Å². The number of amides is 1. The summed E-state index contributed by atoms with van der Waals surface area (Å²) in [6.07, 6.45) is 3.73. The quantitative estimate of drug-likeness (QED) is 0.686. The van der Waals surface area contributed by atoms with E-state index in [1.807, 2.05) is 12.1 Å². The summed E-state index contributed by atoms with van der Waals surface area (Å²) in [6.45, 7) is 4.01. The van der Waals surface area contributed by atoms with E-state index in [-0.39, 0.29) is 10.8 Å². The number of carbonyl (C=O) groups is 1. The molecule has 1 atom stereocenters. The van der Waals surface area contributed by atoms with E-state index in [9.17, 15) is 13.2 Å². The van der Waals surface area contributed by atoms with E-state index in [1.165, 1.54) is 34.8 Å². The van der Waals surface area contributed by atoms with Gasteiger partial charge in [0, 0.05) is 24.7 Å². The molecule has 2 aliphatic heterocycles. The zero-order chi connectivity index (χ0) is 21.8. The Balaban J connectivity index is 1.36. The van der Waals surface area contributed by atoms with Crippen LogP contribution in [0.3, 0.4) is 0 Å². The van der Waals surface area contributed by atoms with Crippen molar-refractivity contribution < 1.29 is 13.2 Å². The van der Waals surface area contributed by atoms with Crippen LogP contribution in [0.1, 0.15) is 36.8 Å². The fourth-order valence-corrected chi connectivity index (χ4v) is 6.08. The lowest BCUT2D eigenvalue weighted by molar-refractivity contribution is -0.124. The number of hydrogen-bond acceptors (Lipinski definition) is 4. The van der Waals surface area contributed by atoms with Crippen molar-refractivity contribution in [1.29, 1.82) is 0 Å². The van der Waals surface area contributed by atoms with Crippen molar-refractivity contribution in [2.45, 2.75) is 49.7 Å². The number of sulfonamides is 1. The molecule has 2 aliphatic rings. The topological polar surface area (TPSA) is 69.7 Å². The second-order valence-corrected chi connectivity index (χ2v) is 10.6. The molecule has 0 unspecified atom stereocenters. The van der Waals surface area contributed by atoms with E-state index in [2.05, 4.69) is 22.3 Å². The maximum atomic E-state index is 13.0. The van der Waals surface area contributed by atoms with Gasteiger partial charge in [0.1, 0.15) is 6.04 Å². The van der Waals surface area contributed by atoms with Gasteiger partial charge in [0.15, 0.2) is 0 Å². The van der Waals surface area contributed by atoms with Crippen LogP contribution in [-0.2, 0) is 27.9 Å². The molecule has 1 N–H and O–H groups in total. The minimum absolute atomic E-state index is 0.158. The lowest BCUT2D eigenvalue weighted by Gasteiger charge is -2.23. The molecule has 4 rings (SSSR count). The van der Waals surface area contributed by atoms with Gasteiger partial charge < -0.3 is 5.32 Å². The first kappa shape index (κ1) is 22.3. The van der Waals surface area contributed by atoms with Gasteiger partial charge in [-0.1, -0.05) is 35.9 Å². The number of likely N-dealkylation sites (tertiary alicyclic amines) is 1. The van der Waals surface area contributed by atoms with Gasteiger partial charge in [0.05, 0.1) is 4.90 Å². The molecular weight excluding hydrogens is 434 g/mol. The summed E-state index contributed by atoms with van der Waals surface area (Å²) < 4.78 is 27.3. The molecule has 0 spiro atoms. The summed E-state index contributed by atoms with van der Waals surface area (Å²) in [4.78, 5) is 15.4. The predicted molar refractivity (Wildman–Crippen MR) is 121 cm³/mol. The number of hydrogen-bond donors (Lipinski definition) is 1. The molecular formula is C23H28ClN3O3S. The molecule has 2 heterocycles. The Bertz CT molecular complexity index is 1000. The smallest absolute Gasteiger partial charge is 0.243 e. The Morgan fingerprint density at radius 2 is 1.58 bits per heavy atom. The first-order chi connectivity index (χ1) is 14.9. The van der Waals surface area contributed by atoms with Crippen molar-refractivity contribution in [2.75, 3.05) is 19.6 Å². The van der Waals surface area contributed by atoms with Gasteiger partial charge in [-0.3, -0.25) is 9.69 Å². The fourth-order valence-electron chi connectivity index (χ4n) is 4.30. The minimum Gasteiger partial charge on any atom is -0.351 e. The molecule has 2 aromatic rings. The highest BCUT2D eigenvalue weighted by atomic mass is 35.5. The average molecular weight is 462 g/mol. The van der Waals surface area contributed by atoms with Gasteiger partial charge in [-0.15, -0.1) is 0 Å². The highest BCUT2D eigenvalue weighted by Crippen LogP contribution is 2.27. The van der Waals surface area contributed by atoms with Gasteiger partial charge in [-0.25, -0.2) is 8.42 Å². The van der Waals surface area contributed by atoms with E-state index in [0.29, 0.717) is 31.0 Å². The number of halogens is 1. The molecule has 6 nitrogen and oxygen atoms in total. The van der Waals surface area contributed by atoms with Crippen LogP contribution >= 0.6 is 11.6 Å². The second-order valence-electron chi connectivity index (χ2n) is 8.25. The molecule has 1 amide bonds. The van der Waals surface area contributed by atoms with Crippen molar-refractivity contribution in [1.82, 2.24) is 14.5 Å². The van der Waals surface area contributed by atoms with Crippen molar-refractivity contribution in [3.05, 3.63) is 64.7 Å². The van der Waals surface area contributed by atoms with E-state index >= 15 is 0 Å². The van der Waals surface area contributed by atoms with Crippen molar-refractivity contribution in [2.24, 2.45) is 0 Å². The van der Waals surface area contributed by atoms with Gasteiger partial charge in [-0.05, 0) is 74.2 Å². The summed E-state index contributed by atoms with van der Waals surface area (Å²) in [5.41, 5.74) is 2.27. The maximum absolute atomic E-state index is 13.0. The van der Waals surface area contributed by atoms with Crippen LogP contribution in [0.25, 0.3) is 0 Å². The molecule has 2 saturated heterocycles. The largest absolute Gasteiger partial charge is 0.351 e. The van der Waals surface area contributed by atoms with E-state index in [4.69, 9.17) is 11.6 Å². The highest BCUT2D eigenvalue weighted by molar-refractivity contribution is 7.89. The van der Waals surface area contributed by atoms with E-state index in [0.717, 1.165) is 25.2 Å². The summed E-state index contributed by atoms with van der Waals surface area (Å²) in [5, 5.41) is 3.39. The number of benzene rings is 2. The van der Waals surface area contributed by atoms with Crippen molar-refractivity contribution >= 4 is 27.5 Å². The van der Waals surface area contributed by atoms with Crippen LogP contribution < -0.4 is 5.32 Å². The number of rotatable bonds is 7. The van der Waals surface area contributed by atoms with E-state index in [1.54, 1.807) is 12.1 Å². The lowest BCUT2D eigenvalue weighted by atomic mass is 10.1. The average Bonchev–Trinajstić information content (AvgIpc) is 3.46. The SMILES string of the molecule is O=C(NCc1ccc(CN2CCCC2)cc1)[C@@H]1CCCN1S(=O)(=O)c1ccc(Cl)cc1. The first-order valence-electron chi connectivity index (χ1n) is 10.8. The fraction of sp³-hybridized carbons (Fsp3) is 0.435. The summed E-state index contributed by atoms with van der Waals surface area (Å²) in [5.74, 6) is -0.254. The Morgan fingerprint density at radius 3 is 2.26 bits per heavy atom. The Labute approximate surface area is 189 Å². The monoisotopic (exact) mass is 461 g/mol. The van der Waals surface area contributed by atoms with Gasteiger partial charge in [0.25, 0.3) is 0 Å². The molecule has 0 aliphatic carbocycles. The highest BCUT2D eigenvalue weighted by Gasteiger charge is 2.39. The van der Waals surface area contributed by atoms with Crippen LogP contribution in [0.5, 0.6) is 0 Å². The Kier molecular flexibility index (Phi) is 6.96. The van der Waals surface area contributed by atoms with Crippen LogP contribution in [0, 0.1) is 0 Å². The zero-order valence-corrected chi connectivity index (χ0v) is 19.0. The van der Waals surface area contributed by atoms with Gasteiger partial charge >= 0.3 is 0 Å². The molecule has 31 heavy (non-hydrogen) atoms. The molecule has 2 fully saturated rings. The summed E-state index contributed by atoms with van der Waals surface area (Å²) >= 11 is 5.88. The molecule has 166 valence electrons. The maximum Gasteiger partial charge on any atom is 0.243 e. The van der Waals surface area contributed by atoms with Crippen molar-refractivity contribution in [3.63, 3.8) is 0 Å². The second kappa shape index (κ2) is 9.69. The van der Waals surface area contributed by atoms with Crippen LogP contribution in [0.2, 0.25) is 5.02 Å². The third-order valence-electron chi connectivity index (χ3n) is 6.02. The minimum atomic E-state index is -3.74. The summed E-state index contributed by atoms with van der Waals surface area (Å²) in [7, 11) is -3.74. The molecule has 2 aromatic carbocycles. The Hall–Kier alpha value is -1.93. The van der Waals surface area contributed by atoms with Crippen LogP contribution in [0.15, 0.2) is 53.4 Å². The number of carbonyl (C=O) groups excluding carboxylic acids is 1. The molecule has 8 heteroatoms. The standard InChI is InChI=1S/C23H28ClN3O3S/c24-20-9-11-21(12-10-20)31(29,30)27-15-3-4-22(27)23(28)25-16-18-5-7-19(8-6-18)17-26-13-1-2-14-26/h5-12,22H,1-4,13-17H2,(H,25,28)/t22-/m0/s1. The summed E-state index contributed by atoms with van der Waals surface area (Å²) in [6, 6.07) is 13.6. The zero-order valence-electron chi connectivity index (χ0n) is 17.5. The first-order valence-corrected chi connectivity index (χ1v) is 12.6. The molecule has 0 saturated carbocycles. The third-order valence-corrected chi connectivity index (χ3v) is 8.20. The van der Waals surface area contributed by atoms with Gasteiger partial charge in [0.2, 0.25) is 15.9 Å². The predicted octanol–water partition coefficient (Wildman–Crippen LogP) is 3.41. The number of nitrogens with one attached hydrogen (secondary N) is 1. The molecule has 0 radical (unpaired) electrons. The van der Waals surface area contributed by atoms with Gasteiger partial charge in [-0.2, -0.15) is 4.31 Å². The molecule has 0 aromatic heterocycles. The van der Waals surface area contributed by atoms with Crippen LogP contribution in [0.4, 0.5) is 0 Å². The van der Waals surface area contributed by atoms with Crippen LogP contribution in [-0.4, -0.2) is 49.2 Å².